The molecule has 1 unspecified atom stereocenters. The third kappa shape index (κ3) is 3.99. The molecular weight excluding hydrogens is 555 g/mol. The molecule has 44 heavy (non-hydrogen) atoms. The molecule has 208 valence electrons. The predicted molar refractivity (Wildman–Crippen MR) is 188 cm³/mol. The molecule has 0 fully saturated rings. The van der Waals surface area contributed by atoms with Crippen molar-refractivity contribution in [1.82, 2.24) is 9.88 Å². The fourth-order valence-electron chi connectivity index (χ4n) is 6.61. The Morgan fingerprint density at radius 3 is 2.09 bits per heavy atom. The number of nitrogens with zero attached hydrogens (tertiary/aromatic N) is 2. The van der Waals surface area contributed by atoms with Crippen molar-refractivity contribution in [3.8, 4) is 22.3 Å². The van der Waals surface area contributed by atoms with Gasteiger partial charge in [0.15, 0.2) is 0 Å². The largest absolute Gasteiger partial charge is 0.346 e. The highest BCUT2D eigenvalue weighted by molar-refractivity contribution is 7.26. The van der Waals surface area contributed by atoms with Crippen LogP contribution in [0.4, 0.5) is 0 Å². The Hall–Kier alpha value is -5.45. The van der Waals surface area contributed by atoms with Gasteiger partial charge in [0.2, 0.25) is 6.29 Å². The lowest BCUT2D eigenvalue weighted by atomic mass is 9.98. The van der Waals surface area contributed by atoms with Gasteiger partial charge < -0.3 is 9.88 Å². The number of thiophene rings is 1. The van der Waals surface area contributed by atoms with Crippen LogP contribution in [0.1, 0.15) is 11.9 Å². The summed E-state index contributed by atoms with van der Waals surface area (Å²) in [6.45, 7) is 0. The summed E-state index contributed by atoms with van der Waals surface area (Å²) in [5, 5.41) is 8.96. The van der Waals surface area contributed by atoms with Crippen LogP contribution in [0.3, 0.4) is 0 Å². The molecule has 2 aromatic heterocycles. The van der Waals surface area contributed by atoms with Crippen molar-refractivity contribution in [3.63, 3.8) is 0 Å². The fourth-order valence-corrected chi connectivity index (χ4v) is 7.87. The summed E-state index contributed by atoms with van der Waals surface area (Å²) in [6, 6.07) is 50.1. The summed E-state index contributed by atoms with van der Waals surface area (Å²) < 4.78 is 5.00. The van der Waals surface area contributed by atoms with Crippen molar-refractivity contribution in [3.05, 3.63) is 151 Å². The quantitative estimate of drug-likeness (QED) is 0.220. The third-order valence-electron chi connectivity index (χ3n) is 8.71. The minimum absolute atomic E-state index is 0.266. The molecule has 0 amide bonds. The Morgan fingerprint density at radius 2 is 1.23 bits per heavy atom. The lowest BCUT2D eigenvalue weighted by molar-refractivity contribution is 0.510. The van der Waals surface area contributed by atoms with Gasteiger partial charge in [0.05, 0.1) is 11.0 Å². The number of hydrogen-bond donors (Lipinski definition) is 1. The molecule has 0 bridgehead atoms. The van der Waals surface area contributed by atoms with Crippen LogP contribution >= 0.6 is 11.3 Å². The van der Waals surface area contributed by atoms with Crippen molar-refractivity contribution >= 4 is 65.2 Å². The Morgan fingerprint density at radius 1 is 0.545 bits per heavy atom. The number of aliphatic imine (C=N–C) groups is 1. The summed E-state index contributed by atoms with van der Waals surface area (Å²) in [5.74, 6) is 0. The van der Waals surface area contributed by atoms with E-state index >= 15 is 0 Å². The normalized spacial score (nSPS) is 14.8. The van der Waals surface area contributed by atoms with Crippen LogP contribution in [0.25, 0.3) is 69.9 Å². The number of fused-ring (bicyclic) bond motifs is 7. The van der Waals surface area contributed by atoms with Crippen molar-refractivity contribution in [2.24, 2.45) is 4.99 Å². The molecule has 8 aromatic rings. The zero-order valence-electron chi connectivity index (χ0n) is 23.8. The molecule has 6 aromatic carbocycles. The van der Waals surface area contributed by atoms with Crippen molar-refractivity contribution < 1.29 is 0 Å². The van der Waals surface area contributed by atoms with E-state index in [1.165, 1.54) is 64.2 Å². The van der Waals surface area contributed by atoms with Crippen LogP contribution in [-0.2, 0) is 0 Å². The maximum absolute atomic E-state index is 4.94. The molecule has 1 aliphatic heterocycles. The van der Waals surface area contributed by atoms with E-state index in [1.807, 2.05) is 17.6 Å². The van der Waals surface area contributed by atoms with Crippen LogP contribution in [0, 0.1) is 0 Å². The highest BCUT2D eigenvalue weighted by atomic mass is 32.1. The molecule has 4 heteroatoms. The van der Waals surface area contributed by atoms with Crippen molar-refractivity contribution in [2.75, 3.05) is 0 Å². The molecule has 0 spiro atoms. The van der Waals surface area contributed by atoms with E-state index in [0.29, 0.717) is 0 Å². The summed E-state index contributed by atoms with van der Waals surface area (Å²) in [6.07, 6.45) is 3.75. The SMILES string of the molecule is C1=NC(n2c3ccccc3c3c4sc5ccccc5c4ccc32)NC(c2cccc(-c3ccc(-c4ccccc4)cc3)c2)=C1. The molecule has 9 rings (SSSR count). The first-order chi connectivity index (χ1) is 21.8. The Bertz CT molecular complexity index is 2410. The zero-order chi connectivity index (χ0) is 29.0. The molecule has 1 N–H and O–H groups in total. The highest BCUT2D eigenvalue weighted by Gasteiger charge is 2.22. The first kappa shape index (κ1) is 25.1. The zero-order valence-corrected chi connectivity index (χ0v) is 24.6. The minimum Gasteiger partial charge on any atom is -0.346 e. The Balaban J connectivity index is 1.09. The van der Waals surface area contributed by atoms with E-state index < -0.39 is 0 Å². The van der Waals surface area contributed by atoms with Gasteiger partial charge in [0.25, 0.3) is 0 Å². The van der Waals surface area contributed by atoms with Gasteiger partial charge in [-0.05, 0) is 58.2 Å². The van der Waals surface area contributed by atoms with Crippen LogP contribution < -0.4 is 5.32 Å². The lowest BCUT2D eigenvalue weighted by Crippen LogP contribution is -2.26. The molecule has 3 nitrogen and oxygen atoms in total. The monoisotopic (exact) mass is 581 g/mol. The smallest absolute Gasteiger partial charge is 0.200 e. The molecule has 0 saturated heterocycles. The molecule has 1 atom stereocenters. The number of aromatic nitrogens is 1. The van der Waals surface area contributed by atoms with E-state index in [9.17, 15) is 0 Å². The lowest BCUT2D eigenvalue weighted by Gasteiger charge is -2.24. The standard InChI is InChI=1S/C40H27N3S/c1-2-9-26(10-3-1)27-17-19-28(20-18-27)29-11-8-12-30(25-29)34-23-24-41-40(42-34)43-35-15-6-4-14-33(35)38-36(43)22-21-32-31-13-5-7-16-37(31)44-39(32)38/h1-25,40,42H. The van der Waals surface area contributed by atoms with E-state index in [4.69, 9.17) is 4.99 Å². The van der Waals surface area contributed by atoms with Gasteiger partial charge >= 0.3 is 0 Å². The highest BCUT2D eigenvalue weighted by Crippen LogP contribution is 2.43. The molecule has 1 aliphatic rings. The molecule has 0 aliphatic carbocycles. The van der Waals surface area contributed by atoms with Gasteiger partial charge in [0, 0.05) is 42.9 Å². The first-order valence-electron chi connectivity index (χ1n) is 14.9. The van der Waals surface area contributed by atoms with Crippen LogP contribution in [-0.4, -0.2) is 10.8 Å². The van der Waals surface area contributed by atoms with Gasteiger partial charge in [-0.2, -0.15) is 0 Å². The summed E-state index contributed by atoms with van der Waals surface area (Å²) in [5.41, 5.74) is 9.40. The average Bonchev–Trinajstić information content (AvgIpc) is 3.65. The number of para-hydroxylation sites is 1. The predicted octanol–water partition coefficient (Wildman–Crippen LogP) is 10.7. The van der Waals surface area contributed by atoms with E-state index in [1.54, 1.807) is 0 Å². The topological polar surface area (TPSA) is 29.3 Å². The van der Waals surface area contributed by atoms with Gasteiger partial charge in [0.1, 0.15) is 0 Å². The molecule has 0 saturated carbocycles. The van der Waals surface area contributed by atoms with Crippen LogP contribution in [0.5, 0.6) is 0 Å². The van der Waals surface area contributed by atoms with Gasteiger partial charge in [-0.15, -0.1) is 11.3 Å². The number of allylic oxidation sites excluding steroid dienone is 1. The van der Waals surface area contributed by atoms with Gasteiger partial charge in [-0.3, -0.25) is 0 Å². The van der Waals surface area contributed by atoms with E-state index in [2.05, 4.69) is 155 Å². The summed E-state index contributed by atoms with van der Waals surface area (Å²) in [4.78, 5) is 4.94. The summed E-state index contributed by atoms with van der Waals surface area (Å²) >= 11 is 1.88. The third-order valence-corrected chi connectivity index (χ3v) is 9.92. The van der Waals surface area contributed by atoms with Crippen molar-refractivity contribution in [2.45, 2.75) is 6.29 Å². The van der Waals surface area contributed by atoms with Crippen molar-refractivity contribution in [1.29, 1.82) is 0 Å². The second-order valence-corrected chi connectivity index (χ2v) is 12.3. The summed E-state index contributed by atoms with van der Waals surface area (Å²) in [7, 11) is 0. The maximum atomic E-state index is 4.94. The first-order valence-corrected chi connectivity index (χ1v) is 15.7. The Kier molecular flexibility index (Phi) is 5.75. The fraction of sp³-hybridized carbons (Fsp3) is 0.0250. The number of rotatable bonds is 4. The van der Waals surface area contributed by atoms with Crippen LogP contribution in [0.2, 0.25) is 0 Å². The molecule has 0 radical (unpaired) electrons. The number of benzene rings is 6. The number of hydrogen-bond acceptors (Lipinski definition) is 3. The minimum atomic E-state index is -0.266. The average molecular weight is 582 g/mol. The van der Waals surface area contributed by atoms with Gasteiger partial charge in [-0.25, -0.2) is 4.99 Å². The van der Waals surface area contributed by atoms with Crippen LogP contribution in [0.15, 0.2) is 151 Å². The molecular formula is C40H27N3S. The molecule has 3 heterocycles. The second kappa shape index (κ2) is 10.1. The second-order valence-electron chi connectivity index (χ2n) is 11.2. The Labute approximate surface area is 259 Å². The van der Waals surface area contributed by atoms with E-state index in [-0.39, 0.29) is 6.29 Å². The van der Waals surface area contributed by atoms with Gasteiger partial charge in [-0.1, -0.05) is 115 Å². The van der Waals surface area contributed by atoms with E-state index in [0.717, 1.165) is 11.3 Å². The number of nitrogens with one attached hydrogen (secondary N) is 1. The maximum Gasteiger partial charge on any atom is 0.200 e.